The van der Waals surface area contributed by atoms with Crippen molar-refractivity contribution in [3.63, 3.8) is 0 Å². The molecule has 3 rings (SSSR count). The lowest BCUT2D eigenvalue weighted by Gasteiger charge is -2.40. The van der Waals surface area contributed by atoms with E-state index >= 15 is 0 Å². The molecule has 1 amide bonds. The third kappa shape index (κ3) is 3.91. The van der Waals surface area contributed by atoms with Gasteiger partial charge in [0.15, 0.2) is 0 Å². The lowest BCUT2D eigenvalue weighted by atomic mass is 9.69. The molecule has 5 heteroatoms. The number of para-hydroxylation sites is 1. The summed E-state index contributed by atoms with van der Waals surface area (Å²) in [6.07, 6.45) is 5.88. The van der Waals surface area contributed by atoms with Crippen molar-refractivity contribution < 1.29 is 4.79 Å². The minimum absolute atomic E-state index is 0.0394. The third-order valence-electron chi connectivity index (χ3n) is 5.28. The van der Waals surface area contributed by atoms with Gasteiger partial charge in [0.05, 0.1) is 11.7 Å². The standard InChI is InChI=1S/C20H27N3O2/c1-20(2,3)15-9-5-6-10-16(15)22-19(25)13-23-17-11-7-4-8-14(17)18(24)12-21-23/h4,7-8,11-12,15-16H,5-6,9-10,13H2,1-3H3,(H,22,25). The zero-order valence-electron chi connectivity index (χ0n) is 15.3. The predicted molar refractivity (Wildman–Crippen MR) is 99.3 cm³/mol. The second-order valence-corrected chi connectivity index (χ2v) is 8.11. The van der Waals surface area contributed by atoms with Crippen molar-refractivity contribution in [2.75, 3.05) is 0 Å². The number of aromatic nitrogens is 2. The van der Waals surface area contributed by atoms with Gasteiger partial charge in [-0.25, -0.2) is 0 Å². The summed E-state index contributed by atoms with van der Waals surface area (Å²) < 4.78 is 1.61. The number of carbonyl (C=O) groups excluding carboxylic acids is 1. The van der Waals surface area contributed by atoms with Gasteiger partial charge in [-0.15, -0.1) is 0 Å². The van der Waals surface area contributed by atoms with Crippen molar-refractivity contribution >= 4 is 16.8 Å². The minimum atomic E-state index is -0.118. The first-order chi connectivity index (χ1) is 11.9. The van der Waals surface area contributed by atoms with E-state index in [-0.39, 0.29) is 29.3 Å². The quantitative estimate of drug-likeness (QED) is 0.933. The average molecular weight is 341 g/mol. The molecule has 2 unspecified atom stereocenters. The number of hydrogen-bond donors (Lipinski definition) is 1. The van der Waals surface area contributed by atoms with Crippen LogP contribution in [-0.4, -0.2) is 21.7 Å². The molecule has 1 saturated carbocycles. The van der Waals surface area contributed by atoms with Crippen molar-refractivity contribution in [2.24, 2.45) is 11.3 Å². The maximum Gasteiger partial charge on any atom is 0.241 e. The topological polar surface area (TPSA) is 64.0 Å². The van der Waals surface area contributed by atoms with E-state index in [9.17, 15) is 9.59 Å². The molecule has 134 valence electrons. The second kappa shape index (κ2) is 6.98. The predicted octanol–water partition coefficient (Wildman–Crippen LogP) is 3.12. The van der Waals surface area contributed by atoms with Crippen molar-refractivity contribution in [3.8, 4) is 0 Å². The lowest BCUT2D eigenvalue weighted by molar-refractivity contribution is -0.123. The summed E-state index contributed by atoms with van der Waals surface area (Å²) in [6.45, 7) is 6.88. The maximum absolute atomic E-state index is 12.6. The Kier molecular flexibility index (Phi) is 4.93. The average Bonchev–Trinajstić information content (AvgIpc) is 2.57. The van der Waals surface area contributed by atoms with Crippen LogP contribution in [0.5, 0.6) is 0 Å². The van der Waals surface area contributed by atoms with Gasteiger partial charge < -0.3 is 5.32 Å². The van der Waals surface area contributed by atoms with E-state index in [4.69, 9.17) is 0 Å². The number of fused-ring (bicyclic) bond motifs is 1. The van der Waals surface area contributed by atoms with E-state index in [1.54, 1.807) is 10.7 Å². The van der Waals surface area contributed by atoms with Crippen LogP contribution in [0.3, 0.4) is 0 Å². The summed E-state index contributed by atoms with van der Waals surface area (Å²) >= 11 is 0. The van der Waals surface area contributed by atoms with E-state index in [0.29, 0.717) is 16.8 Å². The molecule has 2 atom stereocenters. The van der Waals surface area contributed by atoms with Crippen molar-refractivity contribution in [2.45, 2.75) is 59.0 Å². The zero-order chi connectivity index (χ0) is 18.0. The normalized spacial score (nSPS) is 21.2. The molecule has 1 aliphatic carbocycles. The highest BCUT2D eigenvalue weighted by Gasteiger charge is 2.34. The Morgan fingerprint density at radius 1 is 1.24 bits per heavy atom. The first kappa shape index (κ1) is 17.6. The van der Waals surface area contributed by atoms with E-state index in [0.717, 1.165) is 19.3 Å². The summed E-state index contributed by atoms with van der Waals surface area (Å²) in [6, 6.07) is 7.49. The Bertz CT molecular complexity index is 820. The molecule has 0 radical (unpaired) electrons. The number of benzene rings is 1. The monoisotopic (exact) mass is 341 g/mol. The minimum Gasteiger partial charge on any atom is -0.351 e. The highest BCUT2D eigenvalue weighted by atomic mass is 16.2. The molecular weight excluding hydrogens is 314 g/mol. The first-order valence-corrected chi connectivity index (χ1v) is 9.10. The fourth-order valence-corrected chi connectivity index (χ4v) is 4.02. The summed E-state index contributed by atoms with van der Waals surface area (Å²) in [5.41, 5.74) is 0.759. The number of nitrogens with zero attached hydrogens (tertiary/aromatic N) is 2. The molecule has 1 heterocycles. The Labute approximate surface area is 148 Å². The number of rotatable bonds is 3. The summed E-state index contributed by atoms with van der Waals surface area (Å²) in [4.78, 5) is 24.5. The van der Waals surface area contributed by atoms with Crippen LogP contribution >= 0.6 is 0 Å². The summed E-state index contributed by atoms with van der Waals surface area (Å²) in [5.74, 6) is 0.450. The van der Waals surface area contributed by atoms with Crippen LogP contribution in [0.4, 0.5) is 0 Å². The zero-order valence-corrected chi connectivity index (χ0v) is 15.3. The van der Waals surface area contributed by atoms with E-state index in [1.807, 2.05) is 18.2 Å². The molecule has 0 spiro atoms. The molecule has 1 aliphatic rings. The van der Waals surface area contributed by atoms with Gasteiger partial charge in [-0.1, -0.05) is 45.7 Å². The number of amides is 1. The van der Waals surface area contributed by atoms with Crippen molar-refractivity contribution in [3.05, 3.63) is 40.7 Å². The molecule has 1 fully saturated rings. The van der Waals surface area contributed by atoms with Crippen LogP contribution in [0.1, 0.15) is 46.5 Å². The highest BCUT2D eigenvalue weighted by Crippen LogP contribution is 2.37. The summed E-state index contributed by atoms with van der Waals surface area (Å²) in [5, 5.41) is 7.97. The van der Waals surface area contributed by atoms with Gasteiger partial charge in [0, 0.05) is 11.4 Å². The Morgan fingerprint density at radius 3 is 2.72 bits per heavy atom. The maximum atomic E-state index is 12.6. The second-order valence-electron chi connectivity index (χ2n) is 8.11. The van der Waals surface area contributed by atoms with E-state index < -0.39 is 0 Å². The number of carbonyl (C=O) groups is 1. The Balaban J connectivity index is 1.77. The van der Waals surface area contributed by atoms with Crippen LogP contribution in [0.15, 0.2) is 35.3 Å². The molecule has 0 saturated heterocycles. The van der Waals surface area contributed by atoms with Crippen LogP contribution in [-0.2, 0) is 11.3 Å². The van der Waals surface area contributed by atoms with Crippen LogP contribution < -0.4 is 10.7 Å². The van der Waals surface area contributed by atoms with Gasteiger partial charge in [-0.2, -0.15) is 5.10 Å². The molecule has 1 aromatic heterocycles. The van der Waals surface area contributed by atoms with Crippen molar-refractivity contribution in [1.82, 2.24) is 15.1 Å². The highest BCUT2D eigenvalue weighted by molar-refractivity contribution is 5.81. The lowest BCUT2D eigenvalue weighted by Crippen LogP contribution is -2.47. The molecule has 2 aromatic rings. The molecular formula is C20H27N3O2. The van der Waals surface area contributed by atoms with Gasteiger partial charge in [0.1, 0.15) is 6.54 Å². The van der Waals surface area contributed by atoms with Crippen LogP contribution in [0, 0.1) is 11.3 Å². The Hall–Kier alpha value is -2.17. The van der Waals surface area contributed by atoms with Crippen LogP contribution in [0.25, 0.3) is 10.9 Å². The largest absolute Gasteiger partial charge is 0.351 e. The molecule has 5 nitrogen and oxygen atoms in total. The number of nitrogens with one attached hydrogen (secondary N) is 1. The van der Waals surface area contributed by atoms with Crippen LogP contribution in [0.2, 0.25) is 0 Å². The van der Waals surface area contributed by atoms with Gasteiger partial charge in [0.25, 0.3) is 0 Å². The third-order valence-corrected chi connectivity index (χ3v) is 5.28. The SMILES string of the molecule is CC(C)(C)C1CCCCC1NC(=O)Cn1ncc(=O)c2ccccc21. The smallest absolute Gasteiger partial charge is 0.241 e. The fourth-order valence-electron chi connectivity index (χ4n) is 4.02. The first-order valence-electron chi connectivity index (χ1n) is 9.10. The van der Waals surface area contributed by atoms with Gasteiger partial charge in [-0.05, 0) is 36.3 Å². The molecule has 0 bridgehead atoms. The molecule has 1 aromatic carbocycles. The molecule has 1 N–H and O–H groups in total. The number of hydrogen-bond acceptors (Lipinski definition) is 3. The van der Waals surface area contributed by atoms with Gasteiger partial charge >= 0.3 is 0 Å². The Morgan fingerprint density at radius 2 is 1.96 bits per heavy atom. The molecule has 25 heavy (non-hydrogen) atoms. The fraction of sp³-hybridized carbons (Fsp3) is 0.550. The van der Waals surface area contributed by atoms with E-state index in [1.165, 1.54) is 12.6 Å². The van der Waals surface area contributed by atoms with Gasteiger partial charge in [-0.3, -0.25) is 14.3 Å². The van der Waals surface area contributed by atoms with E-state index in [2.05, 4.69) is 31.2 Å². The van der Waals surface area contributed by atoms with Gasteiger partial charge in [0.2, 0.25) is 11.3 Å². The van der Waals surface area contributed by atoms with Crippen molar-refractivity contribution in [1.29, 1.82) is 0 Å². The molecule has 0 aliphatic heterocycles. The summed E-state index contributed by atoms with van der Waals surface area (Å²) in [7, 11) is 0.